The number of nitriles is 2. The van der Waals surface area contributed by atoms with Crippen LogP contribution in [0.2, 0.25) is 10.3 Å². The zero-order valence-electron chi connectivity index (χ0n) is 27.8. The predicted octanol–water partition coefficient (Wildman–Crippen LogP) is 6.08. The molecule has 6 rings (SSSR count). The SMILES string of the molecule is CCCCc1nc(Cl)c(CC#N)n1Cc1cccc(C#N)c1.CCCCc1nc(Cl)c(Cc2nn[nH]n2)n1Cc1cccc(-c2nn[nH]n2)c1. The summed E-state index contributed by atoms with van der Waals surface area (Å²) in [6, 6.07) is 19.8. The second kappa shape index (κ2) is 17.8. The molecule has 16 heteroatoms. The Morgan fingerprint density at radius 1 is 0.760 bits per heavy atom. The first-order chi connectivity index (χ1) is 24.4. The molecule has 0 aliphatic rings. The van der Waals surface area contributed by atoms with Crippen LogP contribution < -0.4 is 0 Å². The van der Waals surface area contributed by atoms with Gasteiger partial charge < -0.3 is 9.13 Å². The quantitative estimate of drug-likeness (QED) is 0.134. The van der Waals surface area contributed by atoms with E-state index in [4.69, 9.17) is 33.7 Å². The van der Waals surface area contributed by atoms with Gasteiger partial charge in [0.2, 0.25) is 5.82 Å². The highest BCUT2D eigenvalue weighted by Crippen LogP contribution is 2.24. The van der Waals surface area contributed by atoms with E-state index in [1.165, 1.54) is 0 Å². The number of nitrogens with zero attached hydrogens (tertiary/aromatic N) is 12. The smallest absolute Gasteiger partial charge is 0.204 e. The fourth-order valence-corrected chi connectivity index (χ4v) is 5.98. The molecule has 0 bridgehead atoms. The first-order valence-electron chi connectivity index (χ1n) is 16.3. The molecule has 0 amide bonds. The van der Waals surface area contributed by atoms with Crippen LogP contribution in [0, 0.1) is 22.7 Å². The Morgan fingerprint density at radius 3 is 1.98 bits per heavy atom. The van der Waals surface area contributed by atoms with E-state index in [1.807, 2.05) is 41.0 Å². The molecule has 4 aromatic heterocycles. The number of H-pyrrole nitrogens is 2. The van der Waals surface area contributed by atoms with E-state index in [2.05, 4.69) is 87.8 Å². The lowest BCUT2D eigenvalue weighted by Gasteiger charge is -2.12. The lowest BCUT2D eigenvalue weighted by atomic mass is 10.1. The van der Waals surface area contributed by atoms with Crippen LogP contribution >= 0.6 is 23.2 Å². The molecule has 0 atom stereocenters. The van der Waals surface area contributed by atoms with E-state index < -0.39 is 0 Å². The van der Waals surface area contributed by atoms with Crippen molar-refractivity contribution in [2.75, 3.05) is 0 Å². The van der Waals surface area contributed by atoms with Gasteiger partial charge in [-0.05, 0) is 47.4 Å². The minimum Gasteiger partial charge on any atom is -0.326 e. The molecular weight excluding hydrogens is 675 g/mol. The fraction of sp³-hybridized carbons (Fsp3) is 0.353. The first-order valence-corrected chi connectivity index (χ1v) is 17.1. The number of unbranched alkanes of at least 4 members (excludes halogenated alkanes) is 2. The summed E-state index contributed by atoms with van der Waals surface area (Å²) >= 11 is 12.7. The van der Waals surface area contributed by atoms with Crippen LogP contribution in [-0.2, 0) is 38.8 Å². The molecule has 6 aromatic rings. The lowest BCUT2D eigenvalue weighted by Crippen LogP contribution is -2.10. The van der Waals surface area contributed by atoms with Crippen molar-refractivity contribution in [1.29, 1.82) is 10.5 Å². The standard InChI is InChI=1S/C17H19ClN10.C17H17ClN4/c1-2-3-7-15-19-16(18)13(9-14-20-24-25-21-14)28(15)10-11-5-4-6-12(8-11)17-22-26-27-23-17;1-2-3-7-16-21-17(18)15(8-9-19)22(16)12-14-6-4-5-13(10-14)11-20/h4-6,8H,2-3,7,9-10H2,1H3,(H,20,21,24,25)(H,22,23,26,27);4-6,10H,2-3,7-8,12H2,1H3. The average molecular weight is 712 g/mol. The highest BCUT2D eigenvalue weighted by atomic mass is 35.5. The van der Waals surface area contributed by atoms with E-state index in [0.717, 1.165) is 78.3 Å². The molecule has 0 aliphatic heterocycles. The summed E-state index contributed by atoms with van der Waals surface area (Å²) in [5, 5.41) is 47.3. The van der Waals surface area contributed by atoms with Crippen molar-refractivity contribution in [1.82, 2.24) is 60.4 Å². The molecule has 4 heterocycles. The van der Waals surface area contributed by atoms with Gasteiger partial charge in [-0.1, -0.05) is 85.4 Å². The van der Waals surface area contributed by atoms with Crippen molar-refractivity contribution in [2.45, 2.75) is 78.3 Å². The molecule has 0 fully saturated rings. The van der Waals surface area contributed by atoms with Gasteiger partial charge in [-0.3, -0.25) is 0 Å². The average Bonchev–Trinajstić information content (AvgIpc) is 3.95. The molecule has 2 aromatic carbocycles. The molecule has 0 saturated carbocycles. The number of aromatic amines is 2. The van der Waals surface area contributed by atoms with Crippen molar-refractivity contribution in [2.24, 2.45) is 0 Å². The van der Waals surface area contributed by atoms with Crippen LogP contribution in [0.5, 0.6) is 0 Å². The highest BCUT2D eigenvalue weighted by molar-refractivity contribution is 6.30. The number of aromatic nitrogens is 12. The molecule has 2 N–H and O–H groups in total. The van der Waals surface area contributed by atoms with E-state index in [-0.39, 0.29) is 6.42 Å². The van der Waals surface area contributed by atoms with Crippen molar-refractivity contribution >= 4 is 23.2 Å². The van der Waals surface area contributed by atoms with Crippen LogP contribution in [0.4, 0.5) is 0 Å². The lowest BCUT2D eigenvalue weighted by molar-refractivity contribution is 0.657. The second-order valence-corrected chi connectivity index (χ2v) is 12.2. The number of halogens is 2. The maximum Gasteiger partial charge on any atom is 0.204 e. The van der Waals surface area contributed by atoms with Gasteiger partial charge in [-0.25, -0.2) is 9.97 Å². The Kier molecular flexibility index (Phi) is 12.8. The summed E-state index contributed by atoms with van der Waals surface area (Å²) in [6.45, 7) is 5.48. The number of hydrogen-bond acceptors (Lipinski definition) is 10. The van der Waals surface area contributed by atoms with Gasteiger partial charge in [-0.2, -0.15) is 21.0 Å². The van der Waals surface area contributed by atoms with Crippen molar-refractivity contribution in [3.63, 3.8) is 0 Å². The minimum absolute atomic E-state index is 0.232. The van der Waals surface area contributed by atoms with Crippen LogP contribution in [-0.4, -0.2) is 60.4 Å². The van der Waals surface area contributed by atoms with Gasteiger partial charge in [0, 0.05) is 31.5 Å². The molecule has 256 valence electrons. The summed E-state index contributed by atoms with van der Waals surface area (Å²) in [5.41, 5.74) is 5.23. The third kappa shape index (κ3) is 9.16. The number of rotatable bonds is 14. The maximum atomic E-state index is 9.01. The van der Waals surface area contributed by atoms with Gasteiger partial charge >= 0.3 is 0 Å². The molecule has 0 unspecified atom stereocenters. The number of benzene rings is 2. The van der Waals surface area contributed by atoms with Crippen LogP contribution in [0.15, 0.2) is 48.5 Å². The monoisotopic (exact) mass is 710 g/mol. The molecule has 14 nitrogen and oxygen atoms in total. The number of aryl methyl sites for hydroxylation is 2. The van der Waals surface area contributed by atoms with Gasteiger partial charge in [0.1, 0.15) is 11.6 Å². The van der Waals surface area contributed by atoms with E-state index in [9.17, 15) is 0 Å². The summed E-state index contributed by atoms with van der Waals surface area (Å²) in [6.07, 6.45) is 6.59. The number of nitrogens with one attached hydrogen (secondary N) is 2. The van der Waals surface area contributed by atoms with Crippen molar-refractivity contribution < 1.29 is 0 Å². The van der Waals surface area contributed by atoms with Crippen molar-refractivity contribution in [3.8, 4) is 23.5 Å². The molecule has 0 radical (unpaired) electrons. The molecular formula is C34H36Cl2N14. The third-order valence-electron chi connectivity index (χ3n) is 7.94. The summed E-state index contributed by atoms with van der Waals surface area (Å²) in [4.78, 5) is 9.02. The zero-order valence-corrected chi connectivity index (χ0v) is 29.3. The Bertz CT molecular complexity index is 2050. The fourth-order valence-electron chi connectivity index (χ4n) is 5.45. The van der Waals surface area contributed by atoms with Gasteiger partial charge in [0.25, 0.3) is 0 Å². The summed E-state index contributed by atoms with van der Waals surface area (Å²) in [5.74, 6) is 2.99. The van der Waals surface area contributed by atoms with Crippen molar-refractivity contribution in [3.05, 3.63) is 104 Å². The summed E-state index contributed by atoms with van der Waals surface area (Å²) in [7, 11) is 0. The molecule has 0 spiro atoms. The summed E-state index contributed by atoms with van der Waals surface area (Å²) < 4.78 is 4.15. The Morgan fingerprint density at radius 2 is 1.38 bits per heavy atom. The van der Waals surface area contributed by atoms with Crippen LogP contribution in [0.1, 0.15) is 85.1 Å². The third-order valence-corrected chi connectivity index (χ3v) is 8.55. The first kappa shape index (κ1) is 35.9. The van der Waals surface area contributed by atoms with E-state index in [0.29, 0.717) is 47.0 Å². The molecule has 0 aliphatic carbocycles. The topological polar surface area (TPSA) is 192 Å². The number of hydrogen-bond donors (Lipinski definition) is 2. The normalized spacial score (nSPS) is 10.8. The Labute approximate surface area is 299 Å². The largest absolute Gasteiger partial charge is 0.326 e. The zero-order chi connectivity index (χ0) is 35.3. The van der Waals surface area contributed by atoms with E-state index >= 15 is 0 Å². The molecule has 50 heavy (non-hydrogen) atoms. The Balaban J connectivity index is 0.000000201. The number of tetrazole rings is 2. The minimum atomic E-state index is 0.232. The highest BCUT2D eigenvalue weighted by Gasteiger charge is 2.19. The van der Waals surface area contributed by atoms with Gasteiger partial charge in [0.05, 0.1) is 41.9 Å². The van der Waals surface area contributed by atoms with Gasteiger partial charge in [-0.15, -0.1) is 20.4 Å². The van der Waals surface area contributed by atoms with E-state index in [1.54, 1.807) is 6.07 Å². The second-order valence-electron chi connectivity index (χ2n) is 11.5. The predicted molar refractivity (Wildman–Crippen MR) is 187 cm³/mol. The molecule has 0 saturated heterocycles. The number of imidazole rings is 2. The van der Waals surface area contributed by atoms with Crippen LogP contribution in [0.3, 0.4) is 0 Å². The van der Waals surface area contributed by atoms with Gasteiger partial charge in [0.15, 0.2) is 16.1 Å². The van der Waals surface area contributed by atoms with Crippen LogP contribution in [0.25, 0.3) is 11.4 Å². The maximum absolute atomic E-state index is 9.01. The Hall–Kier alpha value is -5.44.